The first-order valence-corrected chi connectivity index (χ1v) is 6.52. The van der Waals surface area contributed by atoms with Crippen molar-refractivity contribution in [3.63, 3.8) is 0 Å². The second-order valence-electron chi connectivity index (χ2n) is 4.49. The monoisotopic (exact) mass is 269 g/mol. The Morgan fingerprint density at radius 2 is 2.26 bits per heavy atom. The number of aliphatic hydroxyl groups excluding tert-OH is 1. The molecule has 0 radical (unpaired) electrons. The predicted octanol–water partition coefficient (Wildman–Crippen LogP) is 0.545. The molecule has 0 fully saturated rings. The van der Waals surface area contributed by atoms with Crippen LogP contribution in [0.5, 0.6) is 0 Å². The van der Waals surface area contributed by atoms with E-state index in [1.807, 2.05) is 19.9 Å². The Morgan fingerprint density at radius 1 is 1.58 bits per heavy atom. The number of hydrogen-bond donors (Lipinski definition) is 1. The van der Waals surface area contributed by atoms with Gasteiger partial charge < -0.3 is 14.7 Å². The summed E-state index contributed by atoms with van der Waals surface area (Å²) in [4.78, 5) is 13.8. The van der Waals surface area contributed by atoms with E-state index >= 15 is 0 Å². The Balaban J connectivity index is 2.78. The van der Waals surface area contributed by atoms with Gasteiger partial charge in [-0.1, -0.05) is 6.92 Å². The quantitative estimate of drug-likeness (QED) is 0.784. The smallest absolute Gasteiger partial charge is 0.271 e. The zero-order valence-electron chi connectivity index (χ0n) is 12.1. The third-order valence-corrected chi connectivity index (χ3v) is 2.90. The number of rotatable bonds is 7. The van der Waals surface area contributed by atoms with Crippen molar-refractivity contribution >= 4 is 5.91 Å². The fourth-order valence-electron chi connectivity index (χ4n) is 1.90. The molecule has 0 aliphatic rings. The first kappa shape index (κ1) is 15.7. The molecule has 6 heteroatoms. The van der Waals surface area contributed by atoms with Gasteiger partial charge in [-0.3, -0.25) is 9.48 Å². The van der Waals surface area contributed by atoms with Gasteiger partial charge in [0.05, 0.1) is 18.4 Å². The molecule has 0 aliphatic heterocycles. The third kappa shape index (κ3) is 4.04. The Labute approximate surface area is 114 Å². The standard InChI is InChI=1S/C13H23N3O3/c1-5-10-7-12(16(6-2)14-10)13(18)15(3)8-11(17)9-19-4/h7,11,17H,5-6,8-9H2,1-4H3. The maximum atomic E-state index is 12.3. The first-order valence-electron chi connectivity index (χ1n) is 6.52. The molecule has 1 aromatic heterocycles. The van der Waals surface area contributed by atoms with Crippen LogP contribution >= 0.6 is 0 Å². The van der Waals surface area contributed by atoms with E-state index in [9.17, 15) is 9.90 Å². The van der Waals surface area contributed by atoms with Gasteiger partial charge in [-0.05, 0) is 19.4 Å². The Kier molecular flexibility index (Phi) is 5.98. The molecule has 1 amide bonds. The average Bonchev–Trinajstić information content (AvgIpc) is 2.81. The lowest BCUT2D eigenvalue weighted by Crippen LogP contribution is -2.37. The Morgan fingerprint density at radius 3 is 2.79 bits per heavy atom. The van der Waals surface area contributed by atoms with Crippen molar-refractivity contribution in [3.8, 4) is 0 Å². The summed E-state index contributed by atoms with van der Waals surface area (Å²) in [6, 6.07) is 1.81. The Hall–Kier alpha value is -1.40. The summed E-state index contributed by atoms with van der Waals surface area (Å²) in [7, 11) is 3.19. The fraction of sp³-hybridized carbons (Fsp3) is 0.692. The van der Waals surface area contributed by atoms with Crippen LogP contribution in [0, 0.1) is 0 Å². The van der Waals surface area contributed by atoms with Crippen LogP contribution in [0.25, 0.3) is 0 Å². The van der Waals surface area contributed by atoms with Crippen LogP contribution in [0.1, 0.15) is 30.0 Å². The van der Waals surface area contributed by atoms with Crippen molar-refractivity contribution in [3.05, 3.63) is 17.5 Å². The fourth-order valence-corrected chi connectivity index (χ4v) is 1.90. The van der Waals surface area contributed by atoms with Crippen molar-refractivity contribution in [2.24, 2.45) is 0 Å². The number of ether oxygens (including phenoxy) is 1. The second kappa shape index (κ2) is 7.25. The van der Waals surface area contributed by atoms with Gasteiger partial charge in [0.1, 0.15) is 5.69 Å². The number of aliphatic hydroxyl groups is 1. The lowest BCUT2D eigenvalue weighted by molar-refractivity contribution is 0.0375. The van der Waals surface area contributed by atoms with Crippen LogP contribution in [-0.4, -0.2) is 59.1 Å². The minimum atomic E-state index is -0.678. The highest BCUT2D eigenvalue weighted by molar-refractivity contribution is 5.92. The lowest BCUT2D eigenvalue weighted by Gasteiger charge is -2.20. The number of carbonyl (C=O) groups is 1. The first-order chi connectivity index (χ1) is 9.03. The summed E-state index contributed by atoms with van der Waals surface area (Å²) in [6.45, 7) is 5.05. The summed E-state index contributed by atoms with van der Waals surface area (Å²) in [5.41, 5.74) is 1.46. The van der Waals surface area contributed by atoms with Gasteiger partial charge in [-0.15, -0.1) is 0 Å². The molecule has 1 N–H and O–H groups in total. The molecule has 6 nitrogen and oxygen atoms in total. The molecule has 0 aliphatic carbocycles. The van der Waals surface area contributed by atoms with E-state index in [2.05, 4.69) is 5.10 Å². The average molecular weight is 269 g/mol. The van der Waals surface area contributed by atoms with Gasteiger partial charge in [0, 0.05) is 27.2 Å². The number of nitrogens with zero attached hydrogens (tertiary/aromatic N) is 3. The highest BCUT2D eigenvalue weighted by Gasteiger charge is 2.20. The molecule has 0 saturated carbocycles. The van der Waals surface area contributed by atoms with Crippen LogP contribution in [0.4, 0.5) is 0 Å². The maximum absolute atomic E-state index is 12.3. The van der Waals surface area contributed by atoms with E-state index in [0.29, 0.717) is 12.2 Å². The van der Waals surface area contributed by atoms with Crippen LogP contribution in [0.15, 0.2) is 6.07 Å². The molecule has 1 rings (SSSR count). The summed E-state index contributed by atoms with van der Waals surface area (Å²) < 4.78 is 6.55. The molecule has 0 spiro atoms. The van der Waals surface area contributed by atoms with Crippen molar-refractivity contribution < 1.29 is 14.6 Å². The normalized spacial score (nSPS) is 12.5. The topological polar surface area (TPSA) is 67.6 Å². The highest BCUT2D eigenvalue weighted by atomic mass is 16.5. The molecule has 1 unspecified atom stereocenters. The molecule has 0 aromatic carbocycles. The van der Waals surface area contributed by atoms with Crippen LogP contribution in [0.3, 0.4) is 0 Å². The van der Waals surface area contributed by atoms with Gasteiger partial charge in [-0.2, -0.15) is 5.10 Å². The molecule has 1 atom stereocenters. The van der Waals surface area contributed by atoms with E-state index in [0.717, 1.165) is 12.1 Å². The van der Waals surface area contributed by atoms with Crippen molar-refractivity contribution in [1.29, 1.82) is 0 Å². The van der Waals surface area contributed by atoms with E-state index in [1.54, 1.807) is 11.7 Å². The number of hydrogen-bond acceptors (Lipinski definition) is 4. The predicted molar refractivity (Wildman–Crippen MR) is 72.1 cm³/mol. The van der Waals surface area contributed by atoms with Crippen LogP contribution in [-0.2, 0) is 17.7 Å². The summed E-state index contributed by atoms with van der Waals surface area (Å²) >= 11 is 0. The molecule has 0 saturated heterocycles. The third-order valence-electron chi connectivity index (χ3n) is 2.90. The van der Waals surface area contributed by atoms with Crippen molar-refractivity contribution in [2.45, 2.75) is 32.9 Å². The lowest BCUT2D eigenvalue weighted by atomic mass is 10.2. The van der Waals surface area contributed by atoms with E-state index < -0.39 is 6.10 Å². The van der Waals surface area contributed by atoms with Gasteiger partial charge in [0.2, 0.25) is 0 Å². The van der Waals surface area contributed by atoms with Gasteiger partial charge >= 0.3 is 0 Å². The van der Waals surface area contributed by atoms with Crippen molar-refractivity contribution in [2.75, 3.05) is 27.3 Å². The summed E-state index contributed by atoms with van der Waals surface area (Å²) in [5, 5.41) is 14.0. The number of amides is 1. The highest BCUT2D eigenvalue weighted by Crippen LogP contribution is 2.09. The zero-order valence-corrected chi connectivity index (χ0v) is 12.1. The Bertz CT molecular complexity index is 417. The van der Waals surface area contributed by atoms with Crippen LogP contribution in [0.2, 0.25) is 0 Å². The van der Waals surface area contributed by atoms with Crippen LogP contribution < -0.4 is 0 Å². The molecular formula is C13H23N3O3. The summed E-state index contributed by atoms with van der Waals surface area (Å²) in [5.74, 6) is -0.135. The minimum absolute atomic E-state index is 0.135. The molecule has 0 bridgehead atoms. The van der Waals surface area contributed by atoms with E-state index in [4.69, 9.17) is 4.74 Å². The number of likely N-dealkylation sites (N-methyl/N-ethyl adjacent to an activating group) is 1. The number of aromatic nitrogens is 2. The van der Waals surface area contributed by atoms with Crippen molar-refractivity contribution in [1.82, 2.24) is 14.7 Å². The number of methoxy groups -OCH3 is 1. The van der Waals surface area contributed by atoms with Gasteiger partial charge in [0.15, 0.2) is 0 Å². The van der Waals surface area contributed by atoms with E-state index in [-0.39, 0.29) is 19.1 Å². The SMILES string of the molecule is CCc1cc(C(=O)N(C)CC(O)COC)n(CC)n1. The maximum Gasteiger partial charge on any atom is 0.271 e. The summed E-state index contributed by atoms with van der Waals surface area (Å²) in [6.07, 6.45) is 0.117. The minimum Gasteiger partial charge on any atom is -0.389 e. The molecule has 19 heavy (non-hydrogen) atoms. The zero-order chi connectivity index (χ0) is 14.4. The second-order valence-corrected chi connectivity index (χ2v) is 4.49. The molecule has 1 heterocycles. The van der Waals surface area contributed by atoms with Gasteiger partial charge in [0.25, 0.3) is 5.91 Å². The van der Waals surface area contributed by atoms with E-state index in [1.165, 1.54) is 12.0 Å². The molecule has 1 aromatic rings. The largest absolute Gasteiger partial charge is 0.389 e. The number of carbonyl (C=O) groups excluding carboxylic acids is 1. The molecular weight excluding hydrogens is 246 g/mol. The number of aryl methyl sites for hydroxylation is 2. The van der Waals surface area contributed by atoms with Gasteiger partial charge in [-0.25, -0.2) is 0 Å². The molecule has 108 valence electrons.